The molecule has 140 valence electrons. The summed E-state index contributed by atoms with van der Waals surface area (Å²) in [4.78, 5) is 27.2. The topological polar surface area (TPSA) is 63.4 Å². The zero-order chi connectivity index (χ0) is 19.7. The number of fused-ring (bicyclic) bond motifs is 1. The van der Waals surface area contributed by atoms with Crippen molar-refractivity contribution in [2.24, 2.45) is 0 Å². The number of imidazole rings is 1. The van der Waals surface area contributed by atoms with Gasteiger partial charge in [0.2, 0.25) is 0 Å². The molecule has 3 heterocycles. The minimum Gasteiger partial charge on any atom is -0.333 e. The van der Waals surface area contributed by atoms with Gasteiger partial charge in [-0.3, -0.25) is 4.79 Å². The molecule has 0 aliphatic carbocycles. The van der Waals surface area contributed by atoms with E-state index < -0.39 is 0 Å². The molecule has 0 saturated heterocycles. The Hall–Kier alpha value is -3.61. The van der Waals surface area contributed by atoms with Crippen molar-refractivity contribution in [2.75, 3.05) is 7.05 Å². The molecular formula is C21H18FN5O. The third kappa shape index (κ3) is 3.34. The van der Waals surface area contributed by atoms with Crippen LogP contribution in [0, 0.1) is 5.82 Å². The van der Waals surface area contributed by atoms with E-state index in [9.17, 15) is 9.18 Å². The van der Waals surface area contributed by atoms with E-state index in [-0.39, 0.29) is 17.8 Å². The average Bonchev–Trinajstić information content (AvgIpc) is 3.16. The SMILES string of the molecule is C[C@@H](c1ccncn1)N(C)C(=O)c1ccc2nc(-c3ccc(F)cc3)cn2c1. The first kappa shape index (κ1) is 17.8. The highest BCUT2D eigenvalue weighted by Crippen LogP contribution is 2.22. The quantitative estimate of drug-likeness (QED) is 0.545. The second-order valence-corrected chi connectivity index (χ2v) is 6.54. The van der Waals surface area contributed by atoms with E-state index in [1.54, 1.807) is 59.1 Å². The Morgan fingerprint density at radius 2 is 1.89 bits per heavy atom. The van der Waals surface area contributed by atoms with Crippen LogP contribution in [0.15, 0.2) is 67.4 Å². The van der Waals surface area contributed by atoms with Crippen LogP contribution in [-0.2, 0) is 0 Å². The molecule has 1 amide bonds. The number of carbonyl (C=O) groups is 1. The molecular weight excluding hydrogens is 357 g/mol. The third-order valence-corrected chi connectivity index (χ3v) is 4.77. The molecule has 4 rings (SSSR count). The second kappa shape index (κ2) is 7.19. The van der Waals surface area contributed by atoms with E-state index in [1.165, 1.54) is 18.5 Å². The summed E-state index contributed by atoms with van der Waals surface area (Å²) in [5.74, 6) is -0.411. The van der Waals surface area contributed by atoms with Crippen molar-refractivity contribution in [3.05, 3.63) is 84.5 Å². The number of nitrogens with zero attached hydrogens (tertiary/aromatic N) is 5. The van der Waals surface area contributed by atoms with Gasteiger partial charge in [0, 0.05) is 31.2 Å². The maximum atomic E-state index is 13.1. The minimum atomic E-state index is -0.291. The summed E-state index contributed by atoms with van der Waals surface area (Å²) >= 11 is 0. The Kier molecular flexibility index (Phi) is 4.57. The molecule has 28 heavy (non-hydrogen) atoms. The highest BCUT2D eigenvalue weighted by Gasteiger charge is 2.20. The maximum Gasteiger partial charge on any atom is 0.255 e. The lowest BCUT2D eigenvalue weighted by Crippen LogP contribution is -2.30. The summed E-state index contributed by atoms with van der Waals surface area (Å²) < 4.78 is 14.9. The summed E-state index contributed by atoms with van der Waals surface area (Å²) in [5.41, 5.74) is 3.55. The zero-order valence-electron chi connectivity index (χ0n) is 15.5. The fraction of sp³-hybridized carbons (Fsp3) is 0.143. The normalized spacial score (nSPS) is 12.1. The van der Waals surface area contributed by atoms with Crippen LogP contribution in [0.3, 0.4) is 0 Å². The van der Waals surface area contributed by atoms with Crippen LogP contribution in [0.2, 0.25) is 0 Å². The molecule has 0 aliphatic heterocycles. The molecule has 0 bridgehead atoms. The highest BCUT2D eigenvalue weighted by molar-refractivity contribution is 5.94. The van der Waals surface area contributed by atoms with Crippen LogP contribution in [-0.4, -0.2) is 37.2 Å². The lowest BCUT2D eigenvalue weighted by molar-refractivity contribution is 0.0739. The van der Waals surface area contributed by atoms with Gasteiger partial charge in [-0.1, -0.05) is 0 Å². The minimum absolute atomic E-state index is 0.120. The molecule has 4 aromatic rings. The van der Waals surface area contributed by atoms with Crippen LogP contribution < -0.4 is 0 Å². The molecule has 0 radical (unpaired) electrons. The Morgan fingerprint density at radius 1 is 1.11 bits per heavy atom. The van der Waals surface area contributed by atoms with Gasteiger partial charge in [0.25, 0.3) is 5.91 Å². The summed E-state index contributed by atoms with van der Waals surface area (Å²) in [6, 6.07) is 11.3. The van der Waals surface area contributed by atoms with Gasteiger partial charge in [-0.05, 0) is 49.4 Å². The van der Waals surface area contributed by atoms with Crippen LogP contribution in [0.1, 0.15) is 29.0 Å². The number of rotatable bonds is 4. The fourth-order valence-electron chi connectivity index (χ4n) is 3.00. The number of hydrogen-bond donors (Lipinski definition) is 0. The summed E-state index contributed by atoms with van der Waals surface area (Å²) in [6.45, 7) is 1.92. The van der Waals surface area contributed by atoms with Gasteiger partial charge in [-0.2, -0.15) is 0 Å². The number of amides is 1. The van der Waals surface area contributed by atoms with Gasteiger partial charge in [0.15, 0.2) is 0 Å². The first-order valence-corrected chi connectivity index (χ1v) is 8.80. The smallest absolute Gasteiger partial charge is 0.255 e. The average molecular weight is 375 g/mol. The first-order chi connectivity index (χ1) is 13.5. The number of carbonyl (C=O) groups excluding carboxylic acids is 1. The van der Waals surface area contributed by atoms with Crippen molar-refractivity contribution in [3.63, 3.8) is 0 Å². The van der Waals surface area contributed by atoms with Crippen LogP contribution >= 0.6 is 0 Å². The van der Waals surface area contributed by atoms with Crippen molar-refractivity contribution >= 4 is 11.6 Å². The van der Waals surface area contributed by atoms with E-state index in [4.69, 9.17) is 0 Å². The van der Waals surface area contributed by atoms with Crippen LogP contribution in [0.5, 0.6) is 0 Å². The van der Waals surface area contributed by atoms with Crippen LogP contribution in [0.25, 0.3) is 16.9 Å². The number of pyridine rings is 1. The lowest BCUT2D eigenvalue weighted by atomic mass is 10.1. The molecule has 0 spiro atoms. The molecule has 3 aromatic heterocycles. The van der Waals surface area contributed by atoms with Crippen molar-refractivity contribution in [1.29, 1.82) is 0 Å². The van der Waals surface area contributed by atoms with E-state index in [0.29, 0.717) is 16.9 Å². The largest absolute Gasteiger partial charge is 0.333 e. The molecule has 1 atom stereocenters. The van der Waals surface area contributed by atoms with Gasteiger partial charge in [0.05, 0.1) is 23.0 Å². The number of hydrogen-bond acceptors (Lipinski definition) is 4. The number of benzene rings is 1. The standard InChI is InChI=1S/C21H18FN5O/c1-14(18-9-10-23-13-24-18)26(2)21(28)16-5-8-20-25-19(12-27(20)11-16)15-3-6-17(22)7-4-15/h3-14H,1-2H3/t14-/m0/s1. The molecule has 1 aromatic carbocycles. The van der Waals surface area contributed by atoms with Gasteiger partial charge in [-0.25, -0.2) is 19.3 Å². The maximum absolute atomic E-state index is 13.1. The lowest BCUT2D eigenvalue weighted by Gasteiger charge is -2.24. The molecule has 7 heteroatoms. The van der Waals surface area contributed by atoms with Crippen molar-refractivity contribution in [2.45, 2.75) is 13.0 Å². The van der Waals surface area contributed by atoms with Gasteiger partial charge >= 0.3 is 0 Å². The summed E-state index contributed by atoms with van der Waals surface area (Å²) in [6.07, 6.45) is 6.71. The molecule has 0 N–H and O–H groups in total. The first-order valence-electron chi connectivity index (χ1n) is 8.80. The Bertz CT molecular complexity index is 1120. The highest BCUT2D eigenvalue weighted by atomic mass is 19.1. The zero-order valence-corrected chi connectivity index (χ0v) is 15.5. The molecule has 0 fully saturated rings. The molecule has 0 saturated carbocycles. The Balaban J connectivity index is 1.62. The summed E-state index contributed by atoms with van der Waals surface area (Å²) in [5, 5.41) is 0. The van der Waals surface area contributed by atoms with Crippen molar-refractivity contribution in [1.82, 2.24) is 24.3 Å². The van der Waals surface area contributed by atoms with Crippen LogP contribution in [0.4, 0.5) is 4.39 Å². The number of halogens is 1. The third-order valence-electron chi connectivity index (χ3n) is 4.77. The van der Waals surface area contributed by atoms with Crippen molar-refractivity contribution < 1.29 is 9.18 Å². The van der Waals surface area contributed by atoms with E-state index in [1.807, 2.05) is 13.1 Å². The van der Waals surface area contributed by atoms with E-state index in [0.717, 1.165) is 11.3 Å². The second-order valence-electron chi connectivity index (χ2n) is 6.54. The molecule has 0 unspecified atom stereocenters. The van der Waals surface area contributed by atoms with Crippen molar-refractivity contribution in [3.8, 4) is 11.3 Å². The van der Waals surface area contributed by atoms with Gasteiger partial charge in [-0.15, -0.1) is 0 Å². The predicted molar refractivity (Wildman–Crippen MR) is 103 cm³/mol. The predicted octanol–water partition coefficient (Wildman–Crippen LogP) is 3.76. The molecule has 0 aliphatic rings. The van der Waals surface area contributed by atoms with E-state index in [2.05, 4.69) is 15.0 Å². The van der Waals surface area contributed by atoms with Gasteiger partial charge < -0.3 is 9.30 Å². The van der Waals surface area contributed by atoms with E-state index >= 15 is 0 Å². The fourth-order valence-corrected chi connectivity index (χ4v) is 3.00. The Labute approximate surface area is 161 Å². The Morgan fingerprint density at radius 3 is 2.61 bits per heavy atom. The monoisotopic (exact) mass is 375 g/mol. The number of aromatic nitrogens is 4. The van der Waals surface area contributed by atoms with Gasteiger partial charge in [0.1, 0.15) is 17.8 Å². The molecule has 6 nitrogen and oxygen atoms in total. The summed E-state index contributed by atoms with van der Waals surface area (Å²) in [7, 11) is 1.75.